The predicted octanol–water partition coefficient (Wildman–Crippen LogP) is 1.08. The molecule has 3 saturated heterocycles. The summed E-state index contributed by atoms with van der Waals surface area (Å²) in [6.45, 7) is 5.53. The standard InChI is InChI=1S/C17H23N3O3/c21-16(20-6-3-7-23-20)8-17-12-19(9-14(17)11-22-13-17)10-15-4-1-2-5-18-15/h1-2,4-5,14H,3,6-13H2/t14-,17+/m1/s1. The van der Waals surface area contributed by atoms with Crippen molar-refractivity contribution >= 4 is 5.91 Å². The average molecular weight is 317 g/mol. The van der Waals surface area contributed by atoms with Crippen molar-refractivity contribution < 1.29 is 14.4 Å². The number of hydrogen-bond acceptors (Lipinski definition) is 5. The van der Waals surface area contributed by atoms with Crippen LogP contribution >= 0.6 is 0 Å². The van der Waals surface area contributed by atoms with E-state index in [-0.39, 0.29) is 11.3 Å². The molecule has 0 bridgehead atoms. The van der Waals surface area contributed by atoms with Crippen molar-refractivity contribution in [3.05, 3.63) is 30.1 Å². The van der Waals surface area contributed by atoms with E-state index in [4.69, 9.17) is 9.57 Å². The molecule has 0 unspecified atom stereocenters. The number of fused-ring (bicyclic) bond motifs is 1. The normalized spacial score (nSPS) is 30.8. The maximum atomic E-state index is 12.5. The molecule has 0 aliphatic carbocycles. The summed E-state index contributed by atoms with van der Waals surface area (Å²) in [7, 11) is 0. The fraction of sp³-hybridized carbons (Fsp3) is 0.647. The van der Waals surface area contributed by atoms with Gasteiger partial charge in [-0.3, -0.25) is 19.5 Å². The number of hydroxylamine groups is 2. The first-order valence-corrected chi connectivity index (χ1v) is 8.38. The third kappa shape index (κ3) is 2.98. The second kappa shape index (κ2) is 6.19. The monoisotopic (exact) mass is 317 g/mol. The molecule has 4 rings (SSSR count). The maximum Gasteiger partial charge on any atom is 0.246 e. The average Bonchev–Trinajstić information content (AvgIpc) is 3.23. The lowest BCUT2D eigenvalue weighted by molar-refractivity contribution is -0.171. The summed E-state index contributed by atoms with van der Waals surface area (Å²) in [5.74, 6) is 0.537. The lowest BCUT2D eigenvalue weighted by Crippen LogP contribution is -2.38. The Morgan fingerprint density at radius 1 is 1.43 bits per heavy atom. The molecule has 3 aliphatic heterocycles. The Labute approximate surface area is 136 Å². The minimum atomic E-state index is -0.0577. The van der Waals surface area contributed by atoms with Crippen molar-refractivity contribution in [3.8, 4) is 0 Å². The number of aromatic nitrogens is 1. The second-order valence-electron chi connectivity index (χ2n) is 6.92. The molecule has 0 aromatic carbocycles. The van der Waals surface area contributed by atoms with Gasteiger partial charge >= 0.3 is 0 Å². The van der Waals surface area contributed by atoms with Crippen LogP contribution in [0.2, 0.25) is 0 Å². The number of pyridine rings is 1. The molecule has 3 aliphatic rings. The third-order valence-corrected chi connectivity index (χ3v) is 5.24. The first-order chi connectivity index (χ1) is 11.3. The van der Waals surface area contributed by atoms with Crippen molar-refractivity contribution in [2.45, 2.75) is 19.4 Å². The van der Waals surface area contributed by atoms with Gasteiger partial charge in [-0.05, 0) is 18.6 Å². The van der Waals surface area contributed by atoms with Crippen LogP contribution in [0.5, 0.6) is 0 Å². The van der Waals surface area contributed by atoms with Crippen LogP contribution in [0.1, 0.15) is 18.5 Å². The molecule has 23 heavy (non-hydrogen) atoms. The molecule has 0 radical (unpaired) electrons. The van der Waals surface area contributed by atoms with Crippen molar-refractivity contribution in [1.82, 2.24) is 14.9 Å². The van der Waals surface area contributed by atoms with Crippen LogP contribution in [-0.2, 0) is 20.9 Å². The number of amides is 1. The Morgan fingerprint density at radius 2 is 2.39 bits per heavy atom. The van der Waals surface area contributed by atoms with Gasteiger partial charge in [-0.1, -0.05) is 6.07 Å². The molecule has 6 nitrogen and oxygen atoms in total. The molecule has 0 saturated carbocycles. The molecular weight excluding hydrogens is 294 g/mol. The zero-order chi connectivity index (χ0) is 15.7. The van der Waals surface area contributed by atoms with E-state index < -0.39 is 0 Å². The molecule has 1 aromatic rings. The van der Waals surface area contributed by atoms with Gasteiger partial charge in [0.25, 0.3) is 0 Å². The maximum absolute atomic E-state index is 12.5. The fourth-order valence-corrected chi connectivity index (χ4v) is 4.07. The fourth-order valence-electron chi connectivity index (χ4n) is 4.07. The highest BCUT2D eigenvalue weighted by Gasteiger charge is 2.52. The molecule has 1 amide bonds. The molecule has 124 valence electrons. The van der Waals surface area contributed by atoms with Crippen molar-refractivity contribution in [2.75, 3.05) is 39.5 Å². The smallest absolute Gasteiger partial charge is 0.246 e. The predicted molar refractivity (Wildman–Crippen MR) is 83.2 cm³/mol. The van der Waals surface area contributed by atoms with Gasteiger partial charge in [0.15, 0.2) is 0 Å². The summed E-state index contributed by atoms with van der Waals surface area (Å²) in [6.07, 6.45) is 3.29. The zero-order valence-electron chi connectivity index (χ0n) is 13.3. The molecular formula is C17H23N3O3. The van der Waals surface area contributed by atoms with Gasteiger partial charge in [0.05, 0.1) is 32.1 Å². The number of carbonyl (C=O) groups excluding carboxylic acids is 1. The van der Waals surface area contributed by atoms with E-state index in [9.17, 15) is 4.79 Å². The van der Waals surface area contributed by atoms with Crippen LogP contribution in [0.4, 0.5) is 0 Å². The topological polar surface area (TPSA) is 54.9 Å². The van der Waals surface area contributed by atoms with Crippen molar-refractivity contribution in [3.63, 3.8) is 0 Å². The summed E-state index contributed by atoms with van der Waals surface area (Å²) in [6, 6.07) is 6.01. The summed E-state index contributed by atoms with van der Waals surface area (Å²) in [5, 5.41) is 1.55. The Kier molecular flexibility index (Phi) is 4.05. The van der Waals surface area contributed by atoms with Gasteiger partial charge in [0.1, 0.15) is 0 Å². The molecule has 3 fully saturated rings. The van der Waals surface area contributed by atoms with E-state index in [1.807, 2.05) is 18.3 Å². The molecule has 1 aromatic heterocycles. The Hall–Kier alpha value is -1.50. The van der Waals surface area contributed by atoms with Gasteiger partial charge in [0, 0.05) is 43.6 Å². The number of nitrogens with zero attached hydrogens (tertiary/aromatic N) is 3. The Morgan fingerprint density at radius 3 is 3.17 bits per heavy atom. The quantitative estimate of drug-likeness (QED) is 0.832. The SMILES string of the molecule is O=C(C[C@]12COC[C@H]1CN(Cc1ccccn1)C2)N1CCCO1. The highest BCUT2D eigenvalue weighted by Crippen LogP contribution is 2.44. The van der Waals surface area contributed by atoms with Crippen LogP contribution < -0.4 is 0 Å². The highest BCUT2D eigenvalue weighted by molar-refractivity contribution is 5.76. The van der Waals surface area contributed by atoms with E-state index in [2.05, 4.69) is 16.0 Å². The third-order valence-electron chi connectivity index (χ3n) is 5.24. The van der Waals surface area contributed by atoms with Crippen LogP contribution in [0, 0.1) is 11.3 Å². The molecule has 6 heteroatoms. The molecule has 2 atom stereocenters. The van der Waals surface area contributed by atoms with Gasteiger partial charge in [-0.15, -0.1) is 0 Å². The first-order valence-electron chi connectivity index (χ1n) is 8.38. The zero-order valence-corrected chi connectivity index (χ0v) is 13.3. The summed E-state index contributed by atoms with van der Waals surface area (Å²) in [4.78, 5) is 24.8. The van der Waals surface area contributed by atoms with E-state index in [0.29, 0.717) is 25.6 Å². The largest absolute Gasteiger partial charge is 0.380 e. The Balaban J connectivity index is 1.43. The van der Waals surface area contributed by atoms with Crippen molar-refractivity contribution in [1.29, 1.82) is 0 Å². The number of carbonyl (C=O) groups is 1. The van der Waals surface area contributed by atoms with E-state index in [0.717, 1.165) is 44.9 Å². The number of rotatable bonds is 4. The minimum absolute atomic E-state index is 0.0577. The minimum Gasteiger partial charge on any atom is -0.380 e. The van der Waals surface area contributed by atoms with Crippen LogP contribution in [0.3, 0.4) is 0 Å². The summed E-state index contributed by atoms with van der Waals surface area (Å²) < 4.78 is 5.72. The molecule has 4 heterocycles. The van der Waals surface area contributed by atoms with E-state index in [1.54, 1.807) is 5.06 Å². The van der Waals surface area contributed by atoms with E-state index in [1.165, 1.54) is 0 Å². The first kappa shape index (κ1) is 15.1. The van der Waals surface area contributed by atoms with Gasteiger partial charge < -0.3 is 4.74 Å². The molecule has 0 N–H and O–H groups in total. The lowest BCUT2D eigenvalue weighted by atomic mass is 9.78. The van der Waals surface area contributed by atoms with Gasteiger partial charge in [-0.25, -0.2) is 5.06 Å². The number of likely N-dealkylation sites (tertiary alicyclic amines) is 1. The number of hydrogen-bond donors (Lipinski definition) is 0. The van der Waals surface area contributed by atoms with Crippen LogP contribution in [0.15, 0.2) is 24.4 Å². The number of ether oxygens (including phenoxy) is 1. The second-order valence-corrected chi connectivity index (χ2v) is 6.92. The Bertz CT molecular complexity index is 561. The van der Waals surface area contributed by atoms with Crippen LogP contribution in [-0.4, -0.2) is 60.3 Å². The summed E-state index contributed by atoms with van der Waals surface area (Å²) >= 11 is 0. The van der Waals surface area contributed by atoms with Gasteiger partial charge in [-0.2, -0.15) is 0 Å². The molecule has 0 spiro atoms. The van der Waals surface area contributed by atoms with E-state index >= 15 is 0 Å². The van der Waals surface area contributed by atoms with Crippen molar-refractivity contribution in [2.24, 2.45) is 11.3 Å². The van der Waals surface area contributed by atoms with Crippen LogP contribution in [0.25, 0.3) is 0 Å². The van der Waals surface area contributed by atoms with Gasteiger partial charge in [0.2, 0.25) is 5.91 Å². The highest BCUT2D eigenvalue weighted by atomic mass is 16.7. The summed E-state index contributed by atoms with van der Waals surface area (Å²) in [5.41, 5.74) is 1.02. The lowest BCUT2D eigenvalue weighted by Gasteiger charge is -2.28.